The van der Waals surface area contributed by atoms with Gasteiger partial charge in [0.05, 0.1) is 17.9 Å². The van der Waals surface area contributed by atoms with E-state index in [2.05, 4.69) is 10.6 Å². The van der Waals surface area contributed by atoms with E-state index in [1.54, 1.807) is 0 Å². The molecule has 1 aliphatic carbocycles. The molecule has 4 nitrogen and oxygen atoms in total. The first-order valence-corrected chi connectivity index (χ1v) is 5.54. The number of hydrogen-bond donors (Lipinski definition) is 3. The van der Waals surface area contributed by atoms with Crippen LogP contribution in [0.4, 0.5) is 11.4 Å². The molecular formula is C12H17N3O. The van der Waals surface area contributed by atoms with E-state index in [0.717, 1.165) is 24.1 Å². The van der Waals surface area contributed by atoms with Crippen molar-refractivity contribution in [2.24, 2.45) is 0 Å². The number of amides is 1. The van der Waals surface area contributed by atoms with Gasteiger partial charge in [-0.1, -0.05) is 6.07 Å². The fraction of sp³-hybridized carbons (Fsp3) is 0.417. The largest absolute Gasteiger partial charge is 0.397 e. The van der Waals surface area contributed by atoms with Crippen LogP contribution < -0.4 is 16.4 Å². The van der Waals surface area contributed by atoms with Crippen LogP contribution in [-0.4, -0.2) is 18.5 Å². The van der Waals surface area contributed by atoms with Gasteiger partial charge >= 0.3 is 0 Å². The molecule has 0 spiro atoms. The van der Waals surface area contributed by atoms with Gasteiger partial charge in [0, 0.05) is 6.04 Å². The zero-order valence-corrected chi connectivity index (χ0v) is 9.42. The van der Waals surface area contributed by atoms with Crippen LogP contribution in [0.5, 0.6) is 0 Å². The maximum atomic E-state index is 11.4. The number of nitrogen functional groups attached to an aromatic ring is 1. The van der Waals surface area contributed by atoms with Crippen LogP contribution in [0.25, 0.3) is 0 Å². The van der Waals surface area contributed by atoms with Crippen molar-refractivity contribution < 1.29 is 4.79 Å². The lowest BCUT2D eigenvalue weighted by Crippen LogP contribution is -2.31. The van der Waals surface area contributed by atoms with Crippen LogP contribution in [0.3, 0.4) is 0 Å². The Kier molecular flexibility index (Phi) is 2.99. The van der Waals surface area contributed by atoms with Crippen molar-refractivity contribution in [1.82, 2.24) is 5.32 Å². The third-order valence-corrected chi connectivity index (χ3v) is 2.59. The van der Waals surface area contributed by atoms with Crippen molar-refractivity contribution >= 4 is 17.3 Å². The average Bonchev–Trinajstić information content (AvgIpc) is 3.00. The average molecular weight is 219 g/mol. The van der Waals surface area contributed by atoms with E-state index in [-0.39, 0.29) is 12.5 Å². The molecule has 1 aliphatic rings. The van der Waals surface area contributed by atoms with Crippen molar-refractivity contribution in [2.75, 3.05) is 17.6 Å². The molecule has 1 saturated carbocycles. The van der Waals surface area contributed by atoms with Crippen LogP contribution in [0, 0.1) is 6.92 Å². The fourth-order valence-electron chi connectivity index (χ4n) is 1.53. The number of nitrogens with two attached hydrogens (primary N) is 1. The number of hydrogen-bond acceptors (Lipinski definition) is 3. The molecule has 86 valence electrons. The summed E-state index contributed by atoms with van der Waals surface area (Å²) in [4.78, 5) is 11.4. The molecule has 0 bridgehead atoms. The van der Waals surface area contributed by atoms with Crippen LogP contribution in [0.15, 0.2) is 18.2 Å². The predicted molar refractivity (Wildman–Crippen MR) is 65.2 cm³/mol. The number of carbonyl (C=O) groups excluding carboxylic acids is 1. The van der Waals surface area contributed by atoms with Crippen LogP contribution in [-0.2, 0) is 4.79 Å². The highest BCUT2D eigenvalue weighted by Crippen LogP contribution is 2.20. The van der Waals surface area contributed by atoms with E-state index >= 15 is 0 Å². The lowest BCUT2D eigenvalue weighted by Gasteiger charge is -2.09. The second kappa shape index (κ2) is 4.43. The van der Waals surface area contributed by atoms with E-state index in [1.807, 2.05) is 25.1 Å². The number of benzene rings is 1. The lowest BCUT2D eigenvalue weighted by molar-refractivity contribution is -0.119. The minimum Gasteiger partial charge on any atom is -0.397 e. The number of aryl methyl sites for hydroxylation is 1. The maximum absolute atomic E-state index is 11.4. The van der Waals surface area contributed by atoms with Crippen LogP contribution in [0.1, 0.15) is 18.4 Å². The molecule has 0 saturated heterocycles. The smallest absolute Gasteiger partial charge is 0.239 e. The third kappa shape index (κ3) is 2.89. The van der Waals surface area contributed by atoms with Crippen LogP contribution in [0.2, 0.25) is 0 Å². The summed E-state index contributed by atoms with van der Waals surface area (Å²) in [6.45, 7) is 2.27. The quantitative estimate of drug-likeness (QED) is 0.668. The topological polar surface area (TPSA) is 67.2 Å². The Morgan fingerprint density at radius 2 is 2.25 bits per heavy atom. The minimum atomic E-state index is 0.0301. The van der Waals surface area contributed by atoms with Gasteiger partial charge in [-0.05, 0) is 37.5 Å². The summed E-state index contributed by atoms with van der Waals surface area (Å²) in [5, 5.41) is 5.95. The van der Waals surface area contributed by atoms with Gasteiger partial charge in [-0.2, -0.15) is 0 Å². The van der Waals surface area contributed by atoms with Crippen molar-refractivity contribution in [3.05, 3.63) is 23.8 Å². The molecule has 2 rings (SSSR count). The molecule has 0 atom stereocenters. The van der Waals surface area contributed by atoms with Crippen molar-refractivity contribution in [3.63, 3.8) is 0 Å². The highest BCUT2D eigenvalue weighted by atomic mass is 16.2. The van der Waals surface area contributed by atoms with Crippen LogP contribution >= 0.6 is 0 Å². The monoisotopic (exact) mass is 219 g/mol. The summed E-state index contributed by atoms with van der Waals surface area (Å²) in [6, 6.07) is 6.16. The molecule has 0 aliphatic heterocycles. The Morgan fingerprint density at radius 1 is 1.50 bits per heavy atom. The summed E-state index contributed by atoms with van der Waals surface area (Å²) in [5.74, 6) is 0.0301. The Morgan fingerprint density at radius 3 is 2.88 bits per heavy atom. The highest BCUT2D eigenvalue weighted by molar-refractivity contribution is 5.82. The second-order valence-electron chi connectivity index (χ2n) is 4.29. The second-order valence-corrected chi connectivity index (χ2v) is 4.29. The molecule has 0 radical (unpaired) electrons. The molecule has 1 aromatic carbocycles. The molecule has 0 heterocycles. The highest BCUT2D eigenvalue weighted by Gasteiger charge is 2.22. The number of anilines is 2. The van der Waals surface area contributed by atoms with Crippen molar-refractivity contribution in [3.8, 4) is 0 Å². The molecular weight excluding hydrogens is 202 g/mol. The van der Waals surface area contributed by atoms with Gasteiger partial charge in [0.1, 0.15) is 0 Å². The summed E-state index contributed by atoms with van der Waals surface area (Å²) in [5.41, 5.74) is 8.44. The molecule has 16 heavy (non-hydrogen) atoms. The minimum absolute atomic E-state index is 0.0301. The normalized spacial score (nSPS) is 14.6. The Bertz CT molecular complexity index is 399. The first-order chi connectivity index (χ1) is 7.65. The van der Waals surface area contributed by atoms with E-state index in [9.17, 15) is 4.79 Å². The van der Waals surface area contributed by atoms with Gasteiger partial charge in [-0.25, -0.2) is 0 Å². The molecule has 1 amide bonds. The zero-order chi connectivity index (χ0) is 11.5. The Hall–Kier alpha value is -1.71. The molecule has 1 aromatic rings. The van der Waals surface area contributed by atoms with E-state index in [4.69, 9.17) is 5.73 Å². The molecule has 4 heteroatoms. The summed E-state index contributed by atoms with van der Waals surface area (Å²) in [6.07, 6.45) is 2.22. The van der Waals surface area contributed by atoms with Gasteiger partial charge in [0.2, 0.25) is 5.91 Å². The Labute approximate surface area is 95.2 Å². The summed E-state index contributed by atoms with van der Waals surface area (Å²) in [7, 11) is 0. The van der Waals surface area contributed by atoms with Gasteiger partial charge in [-0.15, -0.1) is 0 Å². The van der Waals surface area contributed by atoms with Gasteiger partial charge in [-0.3, -0.25) is 4.79 Å². The fourth-order valence-corrected chi connectivity index (χ4v) is 1.53. The lowest BCUT2D eigenvalue weighted by atomic mass is 10.2. The van der Waals surface area contributed by atoms with E-state index < -0.39 is 0 Å². The predicted octanol–water partition coefficient (Wildman–Crippen LogP) is 1.27. The van der Waals surface area contributed by atoms with E-state index in [1.165, 1.54) is 0 Å². The molecule has 0 aromatic heterocycles. The number of carbonyl (C=O) groups is 1. The zero-order valence-electron chi connectivity index (χ0n) is 9.42. The number of nitrogens with one attached hydrogen (secondary N) is 2. The maximum Gasteiger partial charge on any atom is 0.239 e. The Balaban J connectivity index is 1.85. The first kappa shape index (κ1) is 10.8. The van der Waals surface area contributed by atoms with Crippen molar-refractivity contribution in [2.45, 2.75) is 25.8 Å². The van der Waals surface area contributed by atoms with Crippen molar-refractivity contribution in [1.29, 1.82) is 0 Å². The summed E-state index contributed by atoms with van der Waals surface area (Å²) >= 11 is 0. The van der Waals surface area contributed by atoms with Gasteiger partial charge < -0.3 is 16.4 Å². The van der Waals surface area contributed by atoms with Gasteiger partial charge in [0.15, 0.2) is 0 Å². The third-order valence-electron chi connectivity index (χ3n) is 2.59. The molecule has 4 N–H and O–H groups in total. The number of rotatable bonds is 4. The van der Waals surface area contributed by atoms with Gasteiger partial charge in [0.25, 0.3) is 0 Å². The molecule has 0 unspecified atom stereocenters. The SMILES string of the molecule is Cc1ccc(NCC(=O)NC2CC2)c(N)c1. The summed E-state index contributed by atoms with van der Waals surface area (Å²) < 4.78 is 0. The first-order valence-electron chi connectivity index (χ1n) is 5.54. The molecule has 1 fully saturated rings. The standard InChI is InChI=1S/C12H17N3O/c1-8-2-5-11(10(13)6-8)14-7-12(16)15-9-3-4-9/h2,5-6,9,14H,3-4,7,13H2,1H3,(H,15,16). The van der Waals surface area contributed by atoms with E-state index in [0.29, 0.717) is 11.7 Å².